The minimum Gasteiger partial charge on any atom is -0.493 e. The molecule has 0 aliphatic heterocycles. The van der Waals surface area contributed by atoms with Crippen molar-refractivity contribution < 1.29 is 19.1 Å². The Kier molecular flexibility index (Phi) is 6.05. The molecule has 2 rings (SSSR count). The van der Waals surface area contributed by atoms with Gasteiger partial charge in [-0.2, -0.15) is 0 Å². The van der Waals surface area contributed by atoms with Crippen molar-refractivity contribution in [1.29, 1.82) is 0 Å². The number of aldehydes is 1. The maximum atomic E-state index is 12.0. The first-order valence-electron chi connectivity index (χ1n) is 6.86. The van der Waals surface area contributed by atoms with Crippen LogP contribution in [0.2, 0.25) is 0 Å². The molecule has 1 amide bonds. The van der Waals surface area contributed by atoms with Crippen LogP contribution in [0.4, 0.5) is 5.69 Å². The van der Waals surface area contributed by atoms with Gasteiger partial charge in [0.05, 0.1) is 7.11 Å². The quantitative estimate of drug-likeness (QED) is 0.623. The van der Waals surface area contributed by atoms with E-state index in [0.29, 0.717) is 29.0 Å². The first-order valence-corrected chi connectivity index (χ1v) is 8.08. The number of methoxy groups -OCH3 is 1. The average Bonchev–Trinajstić information content (AvgIpc) is 2.59. The van der Waals surface area contributed by atoms with Gasteiger partial charge in [0.15, 0.2) is 18.1 Å². The zero-order chi connectivity index (χ0) is 16.7. The van der Waals surface area contributed by atoms with Gasteiger partial charge in [0.2, 0.25) is 0 Å². The average molecular weight is 331 g/mol. The van der Waals surface area contributed by atoms with E-state index in [2.05, 4.69) is 5.32 Å². The Morgan fingerprint density at radius 3 is 2.74 bits per heavy atom. The molecule has 6 heteroatoms. The number of carbonyl (C=O) groups excluding carboxylic acids is 2. The second-order valence-electron chi connectivity index (χ2n) is 4.60. The lowest BCUT2D eigenvalue weighted by Crippen LogP contribution is -2.20. The highest BCUT2D eigenvalue weighted by Crippen LogP contribution is 2.27. The van der Waals surface area contributed by atoms with Crippen LogP contribution in [0.5, 0.6) is 11.5 Å². The fourth-order valence-electron chi connectivity index (χ4n) is 1.92. The van der Waals surface area contributed by atoms with Gasteiger partial charge in [0.1, 0.15) is 6.29 Å². The third kappa shape index (κ3) is 4.75. The number of benzene rings is 2. The molecule has 2 aromatic carbocycles. The van der Waals surface area contributed by atoms with Crippen LogP contribution < -0.4 is 14.8 Å². The number of ether oxygens (including phenoxy) is 2. The summed E-state index contributed by atoms with van der Waals surface area (Å²) in [6, 6.07) is 12.3. The van der Waals surface area contributed by atoms with E-state index < -0.39 is 0 Å². The third-order valence-corrected chi connectivity index (χ3v) is 3.76. The number of amides is 1. The van der Waals surface area contributed by atoms with E-state index in [1.807, 2.05) is 30.5 Å². The van der Waals surface area contributed by atoms with Crippen molar-refractivity contribution in [2.75, 3.05) is 25.3 Å². The standard InChI is InChI=1S/C17H17NO4S/c1-21-15-7-6-12(10-19)8-16(15)22-11-17(20)18-13-4-3-5-14(9-13)23-2/h3-10H,11H2,1-2H3,(H,18,20). The van der Waals surface area contributed by atoms with Crippen molar-refractivity contribution in [3.63, 3.8) is 0 Å². The molecule has 0 radical (unpaired) electrons. The maximum absolute atomic E-state index is 12.0. The number of rotatable bonds is 7. The van der Waals surface area contributed by atoms with Gasteiger partial charge >= 0.3 is 0 Å². The summed E-state index contributed by atoms with van der Waals surface area (Å²) in [4.78, 5) is 23.9. The Morgan fingerprint density at radius 1 is 1.22 bits per heavy atom. The van der Waals surface area contributed by atoms with Crippen molar-refractivity contribution in [3.05, 3.63) is 48.0 Å². The summed E-state index contributed by atoms with van der Waals surface area (Å²) in [5, 5.41) is 2.77. The Morgan fingerprint density at radius 2 is 2.04 bits per heavy atom. The monoisotopic (exact) mass is 331 g/mol. The van der Waals surface area contributed by atoms with Crippen molar-refractivity contribution in [3.8, 4) is 11.5 Å². The molecule has 2 aromatic rings. The molecule has 0 heterocycles. The van der Waals surface area contributed by atoms with E-state index in [1.165, 1.54) is 13.2 Å². The molecule has 0 saturated carbocycles. The topological polar surface area (TPSA) is 64.6 Å². The second-order valence-corrected chi connectivity index (χ2v) is 5.48. The summed E-state index contributed by atoms with van der Waals surface area (Å²) < 4.78 is 10.6. The number of thioether (sulfide) groups is 1. The summed E-state index contributed by atoms with van der Waals surface area (Å²) >= 11 is 1.60. The van der Waals surface area contributed by atoms with Crippen LogP contribution in [0.15, 0.2) is 47.4 Å². The first-order chi connectivity index (χ1) is 11.2. The number of hydrogen-bond donors (Lipinski definition) is 1. The van der Waals surface area contributed by atoms with Crippen molar-refractivity contribution in [2.45, 2.75) is 4.90 Å². The molecule has 1 N–H and O–H groups in total. The molecule has 0 aromatic heterocycles. The highest BCUT2D eigenvalue weighted by Gasteiger charge is 2.09. The first kappa shape index (κ1) is 16.9. The zero-order valence-electron chi connectivity index (χ0n) is 12.9. The number of carbonyl (C=O) groups is 2. The highest BCUT2D eigenvalue weighted by atomic mass is 32.2. The molecule has 0 aliphatic rings. The van der Waals surface area contributed by atoms with Crippen LogP contribution in [-0.2, 0) is 4.79 Å². The summed E-state index contributed by atoms with van der Waals surface area (Å²) in [7, 11) is 1.50. The Bertz CT molecular complexity index is 703. The third-order valence-electron chi connectivity index (χ3n) is 3.04. The predicted octanol–water partition coefficient (Wildman–Crippen LogP) is 3.25. The lowest BCUT2D eigenvalue weighted by Gasteiger charge is -2.11. The zero-order valence-corrected chi connectivity index (χ0v) is 13.7. The molecule has 120 valence electrons. The molecule has 0 aliphatic carbocycles. The predicted molar refractivity (Wildman–Crippen MR) is 90.7 cm³/mol. The molecule has 0 unspecified atom stereocenters. The number of hydrogen-bond acceptors (Lipinski definition) is 5. The smallest absolute Gasteiger partial charge is 0.262 e. The van der Waals surface area contributed by atoms with E-state index in [4.69, 9.17) is 9.47 Å². The minimum absolute atomic E-state index is 0.178. The fourth-order valence-corrected chi connectivity index (χ4v) is 2.38. The minimum atomic E-state index is -0.290. The Balaban J connectivity index is 2.00. The number of nitrogens with one attached hydrogen (secondary N) is 1. The summed E-state index contributed by atoms with van der Waals surface area (Å²) in [6.07, 6.45) is 2.68. The van der Waals surface area contributed by atoms with Gasteiger partial charge in [-0.25, -0.2) is 0 Å². The van der Waals surface area contributed by atoms with Crippen molar-refractivity contribution in [1.82, 2.24) is 0 Å². The molecule has 23 heavy (non-hydrogen) atoms. The lowest BCUT2D eigenvalue weighted by atomic mass is 10.2. The molecule has 5 nitrogen and oxygen atoms in total. The highest BCUT2D eigenvalue weighted by molar-refractivity contribution is 7.98. The normalized spacial score (nSPS) is 10.0. The Labute approximate surface area is 139 Å². The molecule has 0 bridgehead atoms. The SMILES string of the molecule is COc1ccc(C=O)cc1OCC(=O)Nc1cccc(SC)c1. The largest absolute Gasteiger partial charge is 0.493 e. The summed E-state index contributed by atoms with van der Waals surface area (Å²) in [6.45, 7) is -0.178. The van der Waals surface area contributed by atoms with E-state index in [0.717, 1.165) is 4.90 Å². The fraction of sp³-hybridized carbons (Fsp3) is 0.176. The van der Waals surface area contributed by atoms with Gasteiger partial charge in [0, 0.05) is 16.1 Å². The van der Waals surface area contributed by atoms with Crippen molar-refractivity contribution in [2.24, 2.45) is 0 Å². The van der Waals surface area contributed by atoms with Gasteiger partial charge in [0.25, 0.3) is 5.91 Å². The van der Waals surface area contributed by atoms with Crippen LogP contribution >= 0.6 is 11.8 Å². The second kappa shape index (κ2) is 8.24. The molecule has 0 spiro atoms. The summed E-state index contributed by atoms with van der Waals surface area (Å²) in [5.74, 6) is 0.528. The molecular formula is C17H17NO4S. The van der Waals surface area contributed by atoms with E-state index >= 15 is 0 Å². The summed E-state index contributed by atoms with van der Waals surface area (Å²) in [5.41, 5.74) is 1.16. The molecular weight excluding hydrogens is 314 g/mol. The lowest BCUT2D eigenvalue weighted by molar-refractivity contribution is -0.118. The molecule has 0 saturated heterocycles. The van der Waals surface area contributed by atoms with Crippen LogP contribution in [0.25, 0.3) is 0 Å². The number of anilines is 1. The van der Waals surface area contributed by atoms with Gasteiger partial charge in [-0.3, -0.25) is 9.59 Å². The maximum Gasteiger partial charge on any atom is 0.262 e. The van der Waals surface area contributed by atoms with Crippen LogP contribution in [-0.4, -0.2) is 32.2 Å². The molecule has 0 fully saturated rings. The van der Waals surface area contributed by atoms with E-state index in [9.17, 15) is 9.59 Å². The van der Waals surface area contributed by atoms with Gasteiger partial charge in [-0.05, 0) is 42.7 Å². The Hall–Kier alpha value is -2.47. The van der Waals surface area contributed by atoms with Crippen molar-refractivity contribution >= 4 is 29.6 Å². The molecule has 0 atom stereocenters. The van der Waals surface area contributed by atoms with Crippen LogP contribution in [0, 0.1) is 0 Å². The van der Waals surface area contributed by atoms with E-state index in [-0.39, 0.29) is 12.5 Å². The van der Waals surface area contributed by atoms with Crippen LogP contribution in [0.1, 0.15) is 10.4 Å². The van der Waals surface area contributed by atoms with Gasteiger partial charge in [-0.1, -0.05) is 6.07 Å². The van der Waals surface area contributed by atoms with Crippen LogP contribution in [0.3, 0.4) is 0 Å². The van der Waals surface area contributed by atoms with Gasteiger partial charge in [-0.15, -0.1) is 11.8 Å². The van der Waals surface area contributed by atoms with Gasteiger partial charge < -0.3 is 14.8 Å². The van der Waals surface area contributed by atoms with E-state index in [1.54, 1.807) is 23.9 Å².